The Morgan fingerprint density at radius 2 is 1.59 bits per heavy atom. The Hall–Kier alpha value is -4.10. The van der Waals surface area contributed by atoms with Gasteiger partial charge in [-0.05, 0) is 60.2 Å². The fourth-order valence-corrected chi connectivity index (χ4v) is 2.98. The zero-order chi connectivity index (χ0) is 23.1. The molecule has 0 aliphatic heterocycles. The second kappa shape index (κ2) is 10.3. The van der Waals surface area contributed by atoms with Gasteiger partial charge in [-0.25, -0.2) is 4.79 Å². The maximum atomic E-state index is 12.9. The third-order valence-electron chi connectivity index (χ3n) is 4.43. The number of carboxylic acids is 1. The van der Waals surface area contributed by atoms with Crippen LogP contribution in [0.4, 0.5) is 5.69 Å². The molecule has 162 valence electrons. The van der Waals surface area contributed by atoms with Crippen molar-refractivity contribution in [1.82, 2.24) is 5.32 Å². The van der Waals surface area contributed by atoms with Crippen molar-refractivity contribution in [3.63, 3.8) is 0 Å². The molecule has 3 aromatic rings. The van der Waals surface area contributed by atoms with E-state index in [4.69, 9.17) is 21.4 Å². The van der Waals surface area contributed by atoms with E-state index in [1.54, 1.807) is 55.6 Å². The van der Waals surface area contributed by atoms with Gasteiger partial charge in [-0.1, -0.05) is 35.9 Å². The van der Waals surface area contributed by atoms with Gasteiger partial charge < -0.3 is 20.5 Å². The molecule has 8 heteroatoms. The van der Waals surface area contributed by atoms with Crippen LogP contribution in [0.15, 0.2) is 78.5 Å². The smallest absolute Gasteiger partial charge is 0.335 e. The topological polar surface area (TPSA) is 105 Å². The van der Waals surface area contributed by atoms with Crippen molar-refractivity contribution in [3.05, 3.63) is 100 Å². The van der Waals surface area contributed by atoms with E-state index >= 15 is 0 Å². The van der Waals surface area contributed by atoms with E-state index in [0.717, 1.165) is 0 Å². The highest BCUT2D eigenvalue weighted by Gasteiger charge is 2.17. The molecule has 32 heavy (non-hydrogen) atoms. The summed E-state index contributed by atoms with van der Waals surface area (Å²) >= 11 is 6.10. The number of carbonyl (C=O) groups is 3. The predicted molar refractivity (Wildman–Crippen MR) is 122 cm³/mol. The van der Waals surface area contributed by atoms with E-state index in [1.165, 1.54) is 30.3 Å². The summed E-state index contributed by atoms with van der Waals surface area (Å²) in [4.78, 5) is 36.7. The third-order valence-corrected chi connectivity index (χ3v) is 4.76. The molecule has 0 bridgehead atoms. The van der Waals surface area contributed by atoms with Gasteiger partial charge in [0.1, 0.15) is 11.4 Å². The van der Waals surface area contributed by atoms with E-state index in [9.17, 15) is 14.4 Å². The van der Waals surface area contributed by atoms with Crippen molar-refractivity contribution in [1.29, 1.82) is 0 Å². The number of amides is 2. The van der Waals surface area contributed by atoms with Gasteiger partial charge in [-0.2, -0.15) is 0 Å². The SMILES string of the molecule is COc1ccc(C=C(NC(=O)c2ccccc2Cl)C(=O)Nc2ccc(C(=O)O)cc2)cc1. The van der Waals surface area contributed by atoms with Crippen molar-refractivity contribution in [2.24, 2.45) is 0 Å². The standard InChI is InChI=1S/C24H19ClN2O5/c1-32-18-12-6-15(7-13-18)14-21(27-22(28)19-4-2-3-5-20(19)25)23(29)26-17-10-8-16(9-11-17)24(30)31/h2-14H,1H3,(H,26,29)(H,27,28)(H,30,31). The molecule has 0 aliphatic carbocycles. The first kappa shape index (κ1) is 22.6. The minimum absolute atomic E-state index is 0.0256. The number of methoxy groups -OCH3 is 1. The van der Waals surface area contributed by atoms with Crippen LogP contribution < -0.4 is 15.4 Å². The molecule has 0 saturated heterocycles. The zero-order valence-electron chi connectivity index (χ0n) is 17.0. The molecule has 3 rings (SSSR count). The lowest BCUT2D eigenvalue weighted by atomic mass is 10.1. The summed E-state index contributed by atoms with van der Waals surface area (Å²) < 4.78 is 5.14. The van der Waals surface area contributed by atoms with Crippen LogP contribution in [0.5, 0.6) is 5.75 Å². The van der Waals surface area contributed by atoms with Crippen molar-refractivity contribution in [3.8, 4) is 5.75 Å². The number of rotatable bonds is 7. The number of halogens is 1. The highest BCUT2D eigenvalue weighted by molar-refractivity contribution is 6.34. The Morgan fingerprint density at radius 1 is 0.938 bits per heavy atom. The second-order valence-corrected chi connectivity index (χ2v) is 7.01. The summed E-state index contributed by atoms with van der Waals surface area (Å²) in [7, 11) is 1.54. The van der Waals surface area contributed by atoms with Crippen LogP contribution in [0.25, 0.3) is 6.08 Å². The van der Waals surface area contributed by atoms with Crippen molar-refractivity contribution >= 4 is 41.1 Å². The molecular weight excluding hydrogens is 432 g/mol. The van der Waals surface area contributed by atoms with Crippen LogP contribution in [-0.2, 0) is 4.79 Å². The predicted octanol–water partition coefficient (Wildman–Crippen LogP) is 4.46. The van der Waals surface area contributed by atoms with Crippen LogP contribution >= 0.6 is 11.6 Å². The lowest BCUT2D eigenvalue weighted by molar-refractivity contribution is -0.113. The molecule has 7 nitrogen and oxygen atoms in total. The number of carbonyl (C=O) groups excluding carboxylic acids is 2. The molecular formula is C24H19ClN2O5. The number of anilines is 1. The van der Waals surface area contributed by atoms with Crippen molar-refractivity contribution in [2.75, 3.05) is 12.4 Å². The lowest BCUT2D eigenvalue weighted by Crippen LogP contribution is -2.31. The fraction of sp³-hybridized carbons (Fsp3) is 0.0417. The van der Waals surface area contributed by atoms with Crippen molar-refractivity contribution in [2.45, 2.75) is 0 Å². The molecule has 0 radical (unpaired) electrons. The highest BCUT2D eigenvalue weighted by atomic mass is 35.5. The summed E-state index contributed by atoms with van der Waals surface area (Å²) in [6.45, 7) is 0. The molecule has 3 N–H and O–H groups in total. The molecule has 0 fully saturated rings. The van der Waals surface area contributed by atoms with Crippen LogP contribution in [0.3, 0.4) is 0 Å². The van der Waals surface area contributed by atoms with Gasteiger partial charge in [-0.3, -0.25) is 9.59 Å². The number of aromatic carboxylic acids is 1. The largest absolute Gasteiger partial charge is 0.497 e. The molecule has 2 amide bonds. The van der Waals surface area contributed by atoms with E-state index in [-0.39, 0.29) is 21.8 Å². The van der Waals surface area contributed by atoms with Crippen LogP contribution in [0, 0.1) is 0 Å². The number of carboxylic acid groups (broad SMARTS) is 1. The van der Waals surface area contributed by atoms with E-state index in [0.29, 0.717) is 17.0 Å². The first-order valence-corrected chi connectivity index (χ1v) is 9.81. The first-order valence-electron chi connectivity index (χ1n) is 9.43. The van der Waals surface area contributed by atoms with E-state index < -0.39 is 17.8 Å². The van der Waals surface area contributed by atoms with Gasteiger partial charge in [-0.15, -0.1) is 0 Å². The normalized spacial score (nSPS) is 10.9. The Morgan fingerprint density at radius 3 is 2.19 bits per heavy atom. The summed E-state index contributed by atoms with van der Waals surface area (Å²) in [5.41, 5.74) is 1.30. The monoisotopic (exact) mass is 450 g/mol. The van der Waals surface area contributed by atoms with Crippen molar-refractivity contribution < 1.29 is 24.2 Å². The number of hydrogen-bond donors (Lipinski definition) is 3. The van der Waals surface area contributed by atoms with Crippen LogP contribution in [-0.4, -0.2) is 30.0 Å². The molecule has 0 saturated carbocycles. The molecule has 0 aromatic heterocycles. The zero-order valence-corrected chi connectivity index (χ0v) is 17.7. The maximum Gasteiger partial charge on any atom is 0.335 e. The molecule has 0 unspecified atom stereocenters. The van der Waals surface area contributed by atoms with E-state index in [2.05, 4.69) is 10.6 Å². The number of ether oxygens (including phenoxy) is 1. The summed E-state index contributed by atoms with van der Waals surface area (Å²) in [5.74, 6) is -1.57. The average Bonchev–Trinajstić information content (AvgIpc) is 2.79. The average molecular weight is 451 g/mol. The summed E-state index contributed by atoms with van der Waals surface area (Å²) in [5, 5.41) is 14.5. The Kier molecular flexibility index (Phi) is 7.25. The van der Waals surface area contributed by atoms with Gasteiger partial charge in [0.25, 0.3) is 11.8 Å². The lowest BCUT2D eigenvalue weighted by Gasteiger charge is -2.12. The van der Waals surface area contributed by atoms with Crippen LogP contribution in [0.1, 0.15) is 26.3 Å². The Balaban J connectivity index is 1.88. The maximum absolute atomic E-state index is 12.9. The van der Waals surface area contributed by atoms with Gasteiger partial charge in [0.15, 0.2) is 0 Å². The Labute approximate surface area is 189 Å². The van der Waals surface area contributed by atoms with Gasteiger partial charge in [0, 0.05) is 5.69 Å². The summed E-state index contributed by atoms with van der Waals surface area (Å²) in [6.07, 6.45) is 1.51. The van der Waals surface area contributed by atoms with Crippen LogP contribution in [0.2, 0.25) is 5.02 Å². The van der Waals surface area contributed by atoms with Gasteiger partial charge >= 0.3 is 5.97 Å². The molecule has 0 atom stereocenters. The second-order valence-electron chi connectivity index (χ2n) is 6.60. The third kappa shape index (κ3) is 5.74. The number of hydrogen-bond acceptors (Lipinski definition) is 4. The first-order chi connectivity index (χ1) is 15.4. The number of nitrogens with one attached hydrogen (secondary N) is 2. The van der Waals surface area contributed by atoms with E-state index in [1.807, 2.05) is 0 Å². The minimum Gasteiger partial charge on any atom is -0.497 e. The Bertz CT molecular complexity index is 1170. The van der Waals surface area contributed by atoms with Gasteiger partial charge in [0.05, 0.1) is 23.3 Å². The molecule has 0 spiro atoms. The van der Waals surface area contributed by atoms with Gasteiger partial charge in [0.2, 0.25) is 0 Å². The molecule has 3 aromatic carbocycles. The summed E-state index contributed by atoms with van der Waals surface area (Å²) in [6, 6.07) is 19.1. The number of benzene rings is 3. The fourth-order valence-electron chi connectivity index (χ4n) is 2.75. The molecule has 0 heterocycles. The minimum atomic E-state index is -1.07. The molecule has 0 aliphatic rings. The quantitative estimate of drug-likeness (QED) is 0.461. The highest BCUT2D eigenvalue weighted by Crippen LogP contribution is 2.18.